The Morgan fingerprint density at radius 3 is 3.33 bits per heavy atom. The standard InChI is InChI=1S/C9H12N2O3S/c12-8(13)5-7-6-14-3-2-11(7)9-10-1-4-15-9/h1,4,7H,2-3,5-6H2,(H,12,13). The quantitative estimate of drug-likeness (QED) is 0.830. The van der Waals surface area contributed by atoms with Crippen LogP contribution in [0.2, 0.25) is 0 Å². The number of nitrogens with zero attached hydrogens (tertiary/aromatic N) is 2. The van der Waals surface area contributed by atoms with Crippen molar-refractivity contribution in [3.8, 4) is 0 Å². The monoisotopic (exact) mass is 228 g/mol. The first kappa shape index (κ1) is 10.4. The van der Waals surface area contributed by atoms with Gasteiger partial charge in [0.05, 0.1) is 25.7 Å². The van der Waals surface area contributed by atoms with Crippen LogP contribution in [0, 0.1) is 0 Å². The summed E-state index contributed by atoms with van der Waals surface area (Å²) in [6, 6.07) is -0.0950. The van der Waals surface area contributed by atoms with E-state index < -0.39 is 5.97 Å². The number of aliphatic carboxylic acids is 1. The zero-order valence-corrected chi connectivity index (χ0v) is 8.94. The fourth-order valence-electron chi connectivity index (χ4n) is 1.64. The minimum absolute atomic E-state index is 0.0950. The molecule has 0 aromatic carbocycles. The first-order valence-corrected chi connectivity index (χ1v) is 5.61. The third kappa shape index (κ3) is 2.45. The third-order valence-electron chi connectivity index (χ3n) is 2.30. The zero-order valence-electron chi connectivity index (χ0n) is 8.13. The lowest BCUT2D eigenvalue weighted by Crippen LogP contribution is -2.46. The second-order valence-electron chi connectivity index (χ2n) is 3.33. The molecule has 0 bridgehead atoms. The van der Waals surface area contributed by atoms with Crippen LogP contribution in [0.3, 0.4) is 0 Å². The van der Waals surface area contributed by atoms with E-state index in [9.17, 15) is 4.79 Å². The summed E-state index contributed by atoms with van der Waals surface area (Å²) < 4.78 is 5.28. The average molecular weight is 228 g/mol. The van der Waals surface area contributed by atoms with Gasteiger partial charge in [0.2, 0.25) is 0 Å². The summed E-state index contributed by atoms with van der Waals surface area (Å²) in [4.78, 5) is 16.9. The van der Waals surface area contributed by atoms with Crippen molar-refractivity contribution in [3.63, 3.8) is 0 Å². The normalized spacial score (nSPS) is 21.6. The van der Waals surface area contributed by atoms with Gasteiger partial charge in [0.25, 0.3) is 0 Å². The summed E-state index contributed by atoms with van der Waals surface area (Å²) in [6.45, 7) is 1.81. The number of aromatic nitrogens is 1. The second kappa shape index (κ2) is 4.59. The minimum Gasteiger partial charge on any atom is -0.481 e. The highest BCUT2D eigenvalue weighted by Gasteiger charge is 2.26. The van der Waals surface area contributed by atoms with Crippen molar-refractivity contribution in [2.45, 2.75) is 12.5 Å². The maximum Gasteiger partial charge on any atom is 0.305 e. The van der Waals surface area contributed by atoms with Gasteiger partial charge in [0, 0.05) is 18.1 Å². The van der Waals surface area contributed by atoms with Gasteiger partial charge in [-0.25, -0.2) is 4.98 Å². The number of carbonyl (C=O) groups is 1. The smallest absolute Gasteiger partial charge is 0.305 e. The first-order chi connectivity index (χ1) is 7.27. The van der Waals surface area contributed by atoms with Crippen molar-refractivity contribution >= 4 is 22.4 Å². The van der Waals surface area contributed by atoms with Gasteiger partial charge in [-0.2, -0.15) is 0 Å². The topological polar surface area (TPSA) is 62.7 Å². The molecule has 1 atom stereocenters. The Kier molecular flexibility index (Phi) is 3.17. The summed E-state index contributed by atoms with van der Waals surface area (Å²) in [5, 5.41) is 11.6. The number of anilines is 1. The Balaban J connectivity index is 2.09. The molecule has 0 spiro atoms. The van der Waals surface area contributed by atoms with Crippen LogP contribution in [0.4, 0.5) is 5.13 Å². The van der Waals surface area contributed by atoms with E-state index in [1.807, 2.05) is 10.3 Å². The molecule has 1 unspecified atom stereocenters. The van der Waals surface area contributed by atoms with Crippen molar-refractivity contribution in [2.24, 2.45) is 0 Å². The maximum absolute atomic E-state index is 10.7. The fourth-order valence-corrected chi connectivity index (χ4v) is 2.38. The number of hydrogen-bond donors (Lipinski definition) is 1. The average Bonchev–Trinajstić information content (AvgIpc) is 2.70. The van der Waals surface area contributed by atoms with E-state index in [0.29, 0.717) is 19.8 Å². The highest BCUT2D eigenvalue weighted by molar-refractivity contribution is 7.13. The van der Waals surface area contributed by atoms with Crippen LogP contribution in [-0.2, 0) is 9.53 Å². The van der Waals surface area contributed by atoms with Gasteiger partial charge in [-0.05, 0) is 0 Å². The summed E-state index contributed by atoms with van der Waals surface area (Å²) in [5.74, 6) is -0.799. The molecule has 1 saturated heterocycles. The Bertz CT molecular complexity index is 328. The van der Waals surface area contributed by atoms with Gasteiger partial charge >= 0.3 is 5.97 Å². The van der Waals surface area contributed by atoms with E-state index in [-0.39, 0.29) is 12.5 Å². The lowest BCUT2D eigenvalue weighted by Gasteiger charge is -2.34. The van der Waals surface area contributed by atoms with Gasteiger partial charge in [0.15, 0.2) is 5.13 Å². The molecule has 6 heteroatoms. The molecule has 1 aromatic rings. The molecule has 0 radical (unpaired) electrons. The van der Waals surface area contributed by atoms with E-state index in [1.165, 1.54) is 11.3 Å². The van der Waals surface area contributed by atoms with Crippen molar-refractivity contribution in [1.29, 1.82) is 0 Å². The summed E-state index contributed by atoms with van der Waals surface area (Å²) in [6.07, 6.45) is 1.83. The zero-order chi connectivity index (χ0) is 10.7. The molecule has 1 fully saturated rings. The number of carboxylic acids is 1. The van der Waals surface area contributed by atoms with Crippen LogP contribution < -0.4 is 4.90 Å². The van der Waals surface area contributed by atoms with Gasteiger partial charge in [-0.15, -0.1) is 11.3 Å². The molecule has 2 rings (SSSR count). The predicted octanol–water partition coefficient (Wildman–Crippen LogP) is 0.823. The highest BCUT2D eigenvalue weighted by atomic mass is 32.1. The first-order valence-electron chi connectivity index (χ1n) is 4.73. The molecule has 15 heavy (non-hydrogen) atoms. The van der Waals surface area contributed by atoms with Crippen LogP contribution in [0.1, 0.15) is 6.42 Å². The van der Waals surface area contributed by atoms with E-state index in [1.54, 1.807) is 6.20 Å². The lowest BCUT2D eigenvalue weighted by atomic mass is 10.2. The summed E-state index contributed by atoms with van der Waals surface area (Å²) >= 11 is 1.53. The summed E-state index contributed by atoms with van der Waals surface area (Å²) in [7, 11) is 0. The molecule has 82 valence electrons. The number of thiazole rings is 1. The van der Waals surface area contributed by atoms with Crippen LogP contribution in [-0.4, -0.2) is 41.9 Å². The number of rotatable bonds is 3. The number of morpholine rings is 1. The van der Waals surface area contributed by atoms with Crippen LogP contribution in [0.15, 0.2) is 11.6 Å². The number of ether oxygens (including phenoxy) is 1. The molecule has 1 aliphatic heterocycles. The Morgan fingerprint density at radius 2 is 2.67 bits per heavy atom. The van der Waals surface area contributed by atoms with Gasteiger partial charge < -0.3 is 14.7 Å². The van der Waals surface area contributed by atoms with Gasteiger partial charge in [-0.3, -0.25) is 4.79 Å². The highest BCUT2D eigenvalue weighted by Crippen LogP contribution is 2.23. The molecule has 5 nitrogen and oxygen atoms in total. The van der Waals surface area contributed by atoms with E-state index >= 15 is 0 Å². The van der Waals surface area contributed by atoms with Crippen molar-refractivity contribution in [2.75, 3.05) is 24.7 Å². The Hall–Kier alpha value is -1.14. The van der Waals surface area contributed by atoms with Crippen LogP contribution >= 0.6 is 11.3 Å². The van der Waals surface area contributed by atoms with Crippen LogP contribution in [0.25, 0.3) is 0 Å². The predicted molar refractivity (Wildman–Crippen MR) is 56.3 cm³/mol. The Morgan fingerprint density at radius 1 is 1.80 bits per heavy atom. The SMILES string of the molecule is O=C(O)CC1COCCN1c1nccs1. The van der Waals surface area contributed by atoms with Crippen molar-refractivity contribution < 1.29 is 14.6 Å². The van der Waals surface area contributed by atoms with E-state index in [0.717, 1.165) is 5.13 Å². The van der Waals surface area contributed by atoms with E-state index in [4.69, 9.17) is 9.84 Å². The largest absolute Gasteiger partial charge is 0.481 e. The Labute approximate surface area is 91.3 Å². The molecule has 1 N–H and O–H groups in total. The molecule has 0 amide bonds. The maximum atomic E-state index is 10.7. The van der Waals surface area contributed by atoms with Crippen molar-refractivity contribution in [3.05, 3.63) is 11.6 Å². The molecule has 0 saturated carbocycles. The summed E-state index contributed by atoms with van der Waals surface area (Å²) in [5.41, 5.74) is 0. The minimum atomic E-state index is -0.799. The van der Waals surface area contributed by atoms with Crippen LogP contribution in [0.5, 0.6) is 0 Å². The number of hydrogen-bond acceptors (Lipinski definition) is 5. The molecule has 1 aliphatic rings. The lowest BCUT2D eigenvalue weighted by molar-refractivity contribution is -0.138. The molecular formula is C9H12N2O3S. The molecule has 2 heterocycles. The molecular weight excluding hydrogens is 216 g/mol. The fraction of sp³-hybridized carbons (Fsp3) is 0.556. The van der Waals surface area contributed by atoms with E-state index in [2.05, 4.69) is 4.98 Å². The van der Waals surface area contributed by atoms with Crippen molar-refractivity contribution in [1.82, 2.24) is 4.98 Å². The molecule has 0 aliphatic carbocycles. The van der Waals surface area contributed by atoms with Gasteiger partial charge in [-0.1, -0.05) is 0 Å². The third-order valence-corrected chi connectivity index (χ3v) is 3.11. The second-order valence-corrected chi connectivity index (χ2v) is 4.21. The van der Waals surface area contributed by atoms with Gasteiger partial charge in [0.1, 0.15) is 0 Å². The number of carboxylic acid groups (broad SMARTS) is 1. The molecule has 1 aromatic heterocycles.